The third-order valence-corrected chi connectivity index (χ3v) is 2.81. The van der Waals surface area contributed by atoms with Crippen molar-refractivity contribution in [1.82, 2.24) is 5.43 Å². The van der Waals surface area contributed by atoms with Crippen LogP contribution in [0.5, 0.6) is 5.75 Å². The highest BCUT2D eigenvalue weighted by Crippen LogP contribution is 2.21. The fraction of sp³-hybridized carbons (Fsp3) is 0.0667. The number of carbonyl (C=O) groups is 1. The van der Waals surface area contributed by atoms with Gasteiger partial charge in [-0.15, -0.1) is 0 Å². The highest BCUT2D eigenvalue weighted by atomic mass is 19.2. The summed E-state index contributed by atoms with van der Waals surface area (Å²) < 4.78 is 83.1. The lowest BCUT2D eigenvalue weighted by atomic mass is 10.2. The largest absolute Gasteiger partial charge is 0.484 e. The molecule has 1 amide bonds. The van der Waals surface area contributed by atoms with Crippen molar-refractivity contribution in [3.05, 3.63) is 64.7 Å². The number of nitrogens with zero attached hydrogens (tertiary/aromatic N) is 1. The number of hydrogen-bond donors (Lipinski definition) is 1. The smallest absolute Gasteiger partial charge is 0.277 e. The van der Waals surface area contributed by atoms with Crippen LogP contribution in [0.3, 0.4) is 0 Å². The number of nitrogens with one attached hydrogen (secondary N) is 1. The normalized spacial score (nSPS) is 11.0. The zero-order chi connectivity index (χ0) is 18.6. The quantitative estimate of drug-likeness (QED) is 0.292. The Hall–Kier alpha value is -3.04. The van der Waals surface area contributed by atoms with Gasteiger partial charge in [0, 0.05) is 0 Å². The van der Waals surface area contributed by atoms with E-state index in [2.05, 4.69) is 5.10 Å². The van der Waals surface area contributed by atoms with Crippen LogP contribution in [0.1, 0.15) is 5.56 Å². The topological polar surface area (TPSA) is 50.7 Å². The lowest BCUT2D eigenvalue weighted by molar-refractivity contribution is -0.123. The van der Waals surface area contributed by atoms with E-state index in [4.69, 9.17) is 4.74 Å². The van der Waals surface area contributed by atoms with Gasteiger partial charge < -0.3 is 4.74 Å². The van der Waals surface area contributed by atoms with Crippen molar-refractivity contribution < 1.29 is 35.9 Å². The van der Waals surface area contributed by atoms with Crippen molar-refractivity contribution in [2.24, 2.45) is 5.10 Å². The summed E-state index contributed by atoms with van der Waals surface area (Å²) in [6.07, 6.45) is 0.270. The Bertz CT molecular complexity index is 795. The Morgan fingerprint density at radius 3 is 2.00 bits per heavy atom. The van der Waals surface area contributed by atoms with Gasteiger partial charge in [-0.05, 0) is 24.3 Å². The molecule has 2 aromatic rings. The average molecular weight is 362 g/mol. The maximum Gasteiger partial charge on any atom is 0.277 e. The summed E-state index contributed by atoms with van der Waals surface area (Å²) in [5.74, 6) is -12.0. The predicted octanol–water partition coefficient (Wildman–Crippen LogP) is 3.05. The van der Waals surface area contributed by atoms with E-state index in [-0.39, 0.29) is 12.0 Å². The van der Waals surface area contributed by atoms with E-state index < -0.39 is 53.0 Å². The van der Waals surface area contributed by atoms with Gasteiger partial charge in [0.05, 0.1) is 11.8 Å². The van der Waals surface area contributed by atoms with E-state index in [1.165, 1.54) is 12.1 Å². The zero-order valence-corrected chi connectivity index (χ0v) is 12.1. The van der Waals surface area contributed by atoms with Crippen LogP contribution in [0.2, 0.25) is 0 Å². The molecule has 0 unspecified atom stereocenters. The molecule has 132 valence electrons. The van der Waals surface area contributed by atoms with Crippen molar-refractivity contribution in [1.29, 1.82) is 0 Å². The van der Waals surface area contributed by atoms with Crippen molar-refractivity contribution >= 4 is 12.1 Å². The summed E-state index contributed by atoms with van der Waals surface area (Å²) in [5.41, 5.74) is 0.471. The van der Waals surface area contributed by atoms with Crippen LogP contribution in [0.25, 0.3) is 0 Å². The molecule has 0 spiro atoms. The van der Waals surface area contributed by atoms with E-state index in [0.717, 1.165) is 12.1 Å². The van der Waals surface area contributed by atoms with Crippen LogP contribution in [-0.2, 0) is 4.79 Å². The standard InChI is InChI=1S/C15H8F6N2O2/c16-7-1-3-8(4-2-7)25-6-10(24)23-22-5-9-11(17)13(19)15(21)14(20)12(9)18/h1-5H,6H2,(H,23,24)/b22-5+. The van der Waals surface area contributed by atoms with Gasteiger partial charge in [-0.3, -0.25) is 4.79 Å². The minimum Gasteiger partial charge on any atom is -0.484 e. The highest BCUT2D eigenvalue weighted by Gasteiger charge is 2.24. The Balaban J connectivity index is 1.99. The highest BCUT2D eigenvalue weighted by molar-refractivity contribution is 5.83. The van der Waals surface area contributed by atoms with Gasteiger partial charge in [0.25, 0.3) is 5.91 Å². The van der Waals surface area contributed by atoms with Crippen molar-refractivity contribution in [3.63, 3.8) is 0 Å². The maximum atomic E-state index is 13.3. The summed E-state index contributed by atoms with van der Waals surface area (Å²) in [4.78, 5) is 11.4. The number of rotatable bonds is 5. The summed E-state index contributed by atoms with van der Waals surface area (Å²) in [6.45, 7) is -0.583. The van der Waals surface area contributed by atoms with Gasteiger partial charge in [0.1, 0.15) is 11.6 Å². The zero-order valence-electron chi connectivity index (χ0n) is 12.1. The number of benzene rings is 2. The summed E-state index contributed by atoms with van der Waals surface area (Å²) in [6, 6.07) is 4.69. The van der Waals surface area contributed by atoms with Gasteiger partial charge in [0.2, 0.25) is 5.82 Å². The molecular formula is C15H8F6N2O2. The Kier molecular flexibility index (Phi) is 5.63. The summed E-state index contributed by atoms with van der Waals surface area (Å²) >= 11 is 0. The molecule has 4 nitrogen and oxygen atoms in total. The SMILES string of the molecule is O=C(COc1ccc(F)cc1)N/N=C/c1c(F)c(F)c(F)c(F)c1F. The molecule has 1 N–H and O–H groups in total. The third-order valence-electron chi connectivity index (χ3n) is 2.81. The maximum absolute atomic E-state index is 13.3. The number of carbonyl (C=O) groups excluding carboxylic acids is 1. The molecule has 0 aromatic heterocycles. The molecule has 2 rings (SSSR count). The van der Waals surface area contributed by atoms with Crippen LogP contribution < -0.4 is 10.2 Å². The molecule has 0 bridgehead atoms. The minimum absolute atomic E-state index is 0.167. The number of ether oxygens (including phenoxy) is 1. The van der Waals surface area contributed by atoms with Gasteiger partial charge in [-0.25, -0.2) is 31.8 Å². The first-order chi connectivity index (χ1) is 11.8. The molecule has 0 aliphatic carbocycles. The molecule has 0 saturated heterocycles. The number of hydrogen-bond acceptors (Lipinski definition) is 3. The van der Waals surface area contributed by atoms with Crippen LogP contribution >= 0.6 is 0 Å². The first kappa shape index (κ1) is 18.3. The second-order valence-corrected chi connectivity index (χ2v) is 4.52. The molecule has 0 fully saturated rings. The molecule has 2 aromatic carbocycles. The molecule has 0 aliphatic heterocycles. The number of halogens is 6. The van der Waals surface area contributed by atoms with E-state index in [0.29, 0.717) is 0 Å². The van der Waals surface area contributed by atoms with Crippen LogP contribution in [0.15, 0.2) is 29.4 Å². The van der Waals surface area contributed by atoms with Crippen LogP contribution in [-0.4, -0.2) is 18.7 Å². The fourth-order valence-electron chi connectivity index (χ4n) is 1.62. The molecule has 0 atom stereocenters. The Labute approximate surface area is 136 Å². The van der Waals surface area contributed by atoms with Gasteiger partial charge in [-0.1, -0.05) is 0 Å². The molecule has 0 aliphatic rings. The van der Waals surface area contributed by atoms with Gasteiger partial charge in [-0.2, -0.15) is 5.10 Å². The van der Waals surface area contributed by atoms with E-state index in [1.54, 1.807) is 5.43 Å². The third kappa shape index (κ3) is 4.28. The molecule has 0 saturated carbocycles. The molecule has 25 heavy (non-hydrogen) atoms. The Morgan fingerprint density at radius 2 is 1.44 bits per heavy atom. The summed E-state index contributed by atoms with van der Waals surface area (Å²) in [7, 11) is 0. The lowest BCUT2D eigenvalue weighted by Gasteiger charge is -2.05. The van der Waals surface area contributed by atoms with Crippen molar-refractivity contribution in [2.75, 3.05) is 6.61 Å². The van der Waals surface area contributed by atoms with Crippen LogP contribution in [0.4, 0.5) is 26.3 Å². The number of amides is 1. The monoisotopic (exact) mass is 362 g/mol. The van der Waals surface area contributed by atoms with Gasteiger partial charge in [0.15, 0.2) is 29.9 Å². The first-order valence-electron chi connectivity index (χ1n) is 6.53. The molecule has 0 radical (unpaired) electrons. The van der Waals surface area contributed by atoms with Gasteiger partial charge >= 0.3 is 0 Å². The van der Waals surface area contributed by atoms with Crippen molar-refractivity contribution in [3.8, 4) is 5.75 Å². The van der Waals surface area contributed by atoms with E-state index in [9.17, 15) is 31.1 Å². The molecule has 0 heterocycles. The summed E-state index contributed by atoms with van der Waals surface area (Å²) in [5, 5.41) is 3.10. The molecular weight excluding hydrogens is 354 g/mol. The van der Waals surface area contributed by atoms with E-state index >= 15 is 0 Å². The predicted molar refractivity (Wildman–Crippen MR) is 73.9 cm³/mol. The van der Waals surface area contributed by atoms with E-state index in [1.807, 2.05) is 0 Å². The molecule has 10 heteroatoms. The Morgan fingerprint density at radius 1 is 0.920 bits per heavy atom. The minimum atomic E-state index is -2.30. The fourth-order valence-corrected chi connectivity index (χ4v) is 1.62. The first-order valence-corrected chi connectivity index (χ1v) is 6.53. The second kappa shape index (κ2) is 7.69. The second-order valence-electron chi connectivity index (χ2n) is 4.52. The van der Waals surface area contributed by atoms with Crippen molar-refractivity contribution in [2.45, 2.75) is 0 Å². The number of hydrazone groups is 1. The average Bonchev–Trinajstić information content (AvgIpc) is 2.60. The lowest BCUT2D eigenvalue weighted by Crippen LogP contribution is -2.24. The van der Waals surface area contributed by atoms with Crippen LogP contribution in [0, 0.1) is 34.9 Å².